The van der Waals surface area contributed by atoms with Crippen LogP contribution >= 0.6 is 0 Å². The van der Waals surface area contributed by atoms with Gasteiger partial charge >= 0.3 is 0 Å². The van der Waals surface area contributed by atoms with Gasteiger partial charge in [-0.2, -0.15) is 0 Å². The van der Waals surface area contributed by atoms with E-state index in [0.717, 1.165) is 11.1 Å². The molecule has 0 amide bonds. The minimum Gasteiger partial charge on any atom is -0.387 e. The van der Waals surface area contributed by atoms with E-state index in [-0.39, 0.29) is 5.84 Å². The molecule has 0 atom stereocenters. The van der Waals surface area contributed by atoms with E-state index in [4.69, 9.17) is 15.9 Å². The van der Waals surface area contributed by atoms with Crippen molar-refractivity contribution in [3.05, 3.63) is 35.4 Å². The van der Waals surface area contributed by atoms with Crippen molar-refractivity contribution in [3.63, 3.8) is 0 Å². The van der Waals surface area contributed by atoms with Gasteiger partial charge in [0.05, 0.1) is 12.4 Å². The third-order valence-electron chi connectivity index (χ3n) is 1.70. The lowest BCUT2D eigenvalue weighted by atomic mass is 10.1. The molecule has 0 aromatic heterocycles. The van der Waals surface area contributed by atoms with E-state index >= 15 is 0 Å². The van der Waals surface area contributed by atoms with Crippen molar-refractivity contribution in [2.24, 2.45) is 5.73 Å². The van der Waals surface area contributed by atoms with Gasteiger partial charge in [-0.1, -0.05) is 24.3 Å². The number of amidine groups is 1. The van der Waals surface area contributed by atoms with Gasteiger partial charge in [-0.15, -0.1) is 0 Å². The highest BCUT2D eigenvalue weighted by Gasteiger charge is 1.97. The summed E-state index contributed by atoms with van der Waals surface area (Å²) in [5, 5.41) is 7.15. The SMILES string of the molecule is COCc1cccc(CC(=N)N)c1. The fraction of sp³-hybridized carbons (Fsp3) is 0.300. The number of hydrogen-bond donors (Lipinski definition) is 2. The second-order valence-corrected chi connectivity index (χ2v) is 2.95. The lowest BCUT2D eigenvalue weighted by molar-refractivity contribution is 0.185. The highest BCUT2D eigenvalue weighted by atomic mass is 16.5. The highest BCUT2D eigenvalue weighted by Crippen LogP contribution is 2.06. The van der Waals surface area contributed by atoms with E-state index in [0.29, 0.717) is 13.0 Å². The second kappa shape index (κ2) is 4.62. The smallest absolute Gasteiger partial charge is 0.0950 e. The molecule has 3 N–H and O–H groups in total. The van der Waals surface area contributed by atoms with Crippen molar-refractivity contribution < 1.29 is 4.74 Å². The van der Waals surface area contributed by atoms with Gasteiger partial charge in [0.15, 0.2) is 0 Å². The van der Waals surface area contributed by atoms with Crippen molar-refractivity contribution in [2.75, 3.05) is 7.11 Å². The van der Waals surface area contributed by atoms with Crippen molar-refractivity contribution in [2.45, 2.75) is 13.0 Å². The predicted molar refractivity (Wildman–Crippen MR) is 52.8 cm³/mol. The van der Waals surface area contributed by atoms with Crippen molar-refractivity contribution in [3.8, 4) is 0 Å². The molecule has 3 heteroatoms. The Balaban J connectivity index is 2.73. The molecular weight excluding hydrogens is 164 g/mol. The maximum atomic E-state index is 7.15. The molecule has 0 unspecified atom stereocenters. The van der Waals surface area contributed by atoms with E-state index in [1.54, 1.807) is 7.11 Å². The number of benzene rings is 1. The Morgan fingerprint density at radius 2 is 2.15 bits per heavy atom. The molecule has 0 heterocycles. The molecule has 0 aliphatic heterocycles. The van der Waals surface area contributed by atoms with Crippen LogP contribution in [0.5, 0.6) is 0 Å². The van der Waals surface area contributed by atoms with Crippen molar-refractivity contribution in [1.29, 1.82) is 5.41 Å². The zero-order valence-electron chi connectivity index (χ0n) is 7.71. The van der Waals surface area contributed by atoms with Gasteiger partial charge in [0.25, 0.3) is 0 Å². The Bertz CT molecular complexity index is 297. The molecule has 0 spiro atoms. The minimum atomic E-state index is 0.189. The van der Waals surface area contributed by atoms with Crippen LogP contribution in [0.15, 0.2) is 24.3 Å². The Labute approximate surface area is 78.0 Å². The third kappa shape index (κ3) is 3.25. The monoisotopic (exact) mass is 178 g/mol. The summed E-state index contributed by atoms with van der Waals surface area (Å²) in [6, 6.07) is 7.91. The van der Waals surface area contributed by atoms with Crippen LogP contribution < -0.4 is 5.73 Å². The molecule has 0 radical (unpaired) electrons. The first kappa shape index (κ1) is 9.74. The summed E-state index contributed by atoms with van der Waals surface area (Å²) in [5.74, 6) is 0.189. The van der Waals surface area contributed by atoms with Gasteiger partial charge in [-0.3, -0.25) is 5.41 Å². The molecular formula is C10H14N2O. The predicted octanol–water partition coefficient (Wildman–Crippen LogP) is 1.31. The normalized spacial score (nSPS) is 9.92. The first-order chi connectivity index (χ1) is 6.22. The number of hydrogen-bond acceptors (Lipinski definition) is 2. The molecule has 0 saturated carbocycles. The molecule has 0 bridgehead atoms. The fourth-order valence-electron chi connectivity index (χ4n) is 1.22. The maximum Gasteiger partial charge on any atom is 0.0950 e. The molecule has 0 aliphatic rings. The van der Waals surface area contributed by atoms with E-state index in [1.165, 1.54) is 0 Å². The van der Waals surface area contributed by atoms with Gasteiger partial charge in [0.1, 0.15) is 0 Å². The van der Waals surface area contributed by atoms with E-state index in [9.17, 15) is 0 Å². The quantitative estimate of drug-likeness (QED) is 0.539. The summed E-state index contributed by atoms with van der Waals surface area (Å²) >= 11 is 0. The van der Waals surface area contributed by atoms with E-state index in [2.05, 4.69) is 0 Å². The Morgan fingerprint density at radius 1 is 1.46 bits per heavy atom. The molecule has 0 aliphatic carbocycles. The average Bonchev–Trinajstić information content (AvgIpc) is 2.04. The van der Waals surface area contributed by atoms with Crippen LogP contribution in [0, 0.1) is 5.41 Å². The summed E-state index contributed by atoms with van der Waals surface area (Å²) in [6.45, 7) is 0.603. The summed E-state index contributed by atoms with van der Waals surface area (Å²) in [7, 11) is 1.66. The summed E-state index contributed by atoms with van der Waals surface area (Å²) in [5.41, 5.74) is 7.47. The number of ether oxygens (including phenoxy) is 1. The summed E-state index contributed by atoms with van der Waals surface area (Å²) in [6.07, 6.45) is 0.511. The van der Waals surface area contributed by atoms with Crippen LogP contribution in [-0.4, -0.2) is 12.9 Å². The Hall–Kier alpha value is -1.35. The number of rotatable bonds is 4. The maximum absolute atomic E-state index is 7.15. The molecule has 3 nitrogen and oxygen atoms in total. The largest absolute Gasteiger partial charge is 0.387 e. The third-order valence-corrected chi connectivity index (χ3v) is 1.70. The molecule has 0 fully saturated rings. The van der Waals surface area contributed by atoms with Crippen LogP contribution in [-0.2, 0) is 17.8 Å². The molecule has 1 aromatic rings. The number of methoxy groups -OCH3 is 1. The highest BCUT2D eigenvalue weighted by molar-refractivity contribution is 5.79. The molecule has 13 heavy (non-hydrogen) atoms. The molecule has 1 rings (SSSR count). The topological polar surface area (TPSA) is 59.1 Å². The van der Waals surface area contributed by atoms with Gasteiger partial charge in [0, 0.05) is 13.5 Å². The Morgan fingerprint density at radius 3 is 2.77 bits per heavy atom. The summed E-state index contributed by atoms with van der Waals surface area (Å²) < 4.78 is 5.00. The standard InChI is InChI=1S/C10H14N2O/c1-13-7-9-4-2-3-8(5-9)6-10(11)12/h2-5H,6-7H2,1H3,(H3,11,12). The first-order valence-corrected chi connectivity index (χ1v) is 4.12. The van der Waals surface area contributed by atoms with E-state index < -0.39 is 0 Å². The fourth-order valence-corrected chi connectivity index (χ4v) is 1.22. The number of nitrogens with one attached hydrogen (secondary N) is 1. The van der Waals surface area contributed by atoms with Gasteiger partial charge in [-0.05, 0) is 11.1 Å². The zero-order valence-corrected chi connectivity index (χ0v) is 7.71. The molecule has 70 valence electrons. The lowest BCUT2D eigenvalue weighted by Gasteiger charge is -2.03. The lowest BCUT2D eigenvalue weighted by Crippen LogP contribution is -2.12. The van der Waals surface area contributed by atoms with Crippen LogP contribution in [0.4, 0.5) is 0 Å². The van der Waals surface area contributed by atoms with Gasteiger partial charge in [0.2, 0.25) is 0 Å². The Kier molecular flexibility index (Phi) is 3.46. The first-order valence-electron chi connectivity index (χ1n) is 4.12. The zero-order chi connectivity index (χ0) is 9.68. The van der Waals surface area contributed by atoms with Crippen LogP contribution in [0.3, 0.4) is 0 Å². The van der Waals surface area contributed by atoms with Crippen LogP contribution in [0.2, 0.25) is 0 Å². The molecule has 0 saturated heterocycles. The van der Waals surface area contributed by atoms with Crippen LogP contribution in [0.1, 0.15) is 11.1 Å². The summed E-state index contributed by atoms with van der Waals surface area (Å²) in [4.78, 5) is 0. The van der Waals surface area contributed by atoms with E-state index in [1.807, 2.05) is 24.3 Å². The van der Waals surface area contributed by atoms with Crippen LogP contribution in [0.25, 0.3) is 0 Å². The number of nitrogens with two attached hydrogens (primary N) is 1. The van der Waals surface area contributed by atoms with Gasteiger partial charge < -0.3 is 10.5 Å². The average molecular weight is 178 g/mol. The van der Waals surface area contributed by atoms with Crippen molar-refractivity contribution in [1.82, 2.24) is 0 Å². The minimum absolute atomic E-state index is 0.189. The van der Waals surface area contributed by atoms with Crippen molar-refractivity contribution >= 4 is 5.84 Å². The second-order valence-electron chi connectivity index (χ2n) is 2.95. The molecule has 1 aromatic carbocycles. The van der Waals surface area contributed by atoms with Gasteiger partial charge in [-0.25, -0.2) is 0 Å².